The summed E-state index contributed by atoms with van der Waals surface area (Å²) in [6, 6.07) is 70.3. The van der Waals surface area contributed by atoms with Gasteiger partial charge in [-0.25, -0.2) is 4.98 Å². The first-order valence-electron chi connectivity index (χ1n) is 20.5. The van der Waals surface area contributed by atoms with Gasteiger partial charge in [0.25, 0.3) is 0 Å². The largest absolute Gasteiger partial charge is 0.454 e. The molecule has 0 bridgehead atoms. The molecule has 0 spiro atoms. The highest BCUT2D eigenvalue weighted by atomic mass is 16.3. The van der Waals surface area contributed by atoms with Crippen LogP contribution in [-0.4, -0.2) is 24.1 Å². The van der Waals surface area contributed by atoms with Crippen LogP contribution in [0.2, 0.25) is 0 Å². The number of hydrogen-bond donors (Lipinski definition) is 0. The normalized spacial score (nSPS) is 11.9. The molecule has 0 aliphatic heterocycles. The van der Waals surface area contributed by atoms with Gasteiger partial charge in [0.2, 0.25) is 5.95 Å². The van der Waals surface area contributed by atoms with Crippen LogP contribution in [0.25, 0.3) is 122 Å². The van der Waals surface area contributed by atoms with Crippen molar-refractivity contribution in [3.8, 4) is 45.5 Å². The van der Waals surface area contributed by atoms with Crippen molar-refractivity contribution in [3.63, 3.8) is 0 Å². The molecule has 6 nitrogen and oxygen atoms in total. The fourth-order valence-electron chi connectivity index (χ4n) is 9.45. The fourth-order valence-corrected chi connectivity index (χ4v) is 9.45. The molecule has 61 heavy (non-hydrogen) atoms. The van der Waals surface area contributed by atoms with Crippen LogP contribution in [0.15, 0.2) is 205 Å². The van der Waals surface area contributed by atoms with Crippen LogP contribution in [-0.2, 0) is 0 Å². The lowest BCUT2D eigenvalue weighted by atomic mass is 9.96. The molecule has 9 aromatic carbocycles. The van der Waals surface area contributed by atoms with Gasteiger partial charge in [0.05, 0.1) is 16.6 Å². The summed E-state index contributed by atoms with van der Waals surface area (Å²) in [5.41, 5.74) is 11.0. The van der Waals surface area contributed by atoms with Gasteiger partial charge in [-0.1, -0.05) is 164 Å². The summed E-state index contributed by atoms with van der Waals surface area (Å²) in [7, 11) is 0. The minimum atomic E-state index is 0.520. The van der Waals surface area contributed by atoms with Crippen molar-refractivity contribution in [1.29, 1.82) is 0 Å². The zero-order valence-electron chi connectivity index (χ0n) is 32.7. The molecule has 4 aromatic heterocycles. The maximum absolute atomic E-state index is 6.87. The van der Waals surface area contributed by atoms with E-state index in [2.05, 4.69) is 137 Å². The predicted molar refractivity (Wildman–Crippen MR) is 250 cm³/mol. The molecule has 0 saturated heterocycles. The summed E-state index contributed by atoms with van der Waals surface area (Å²) in [6.45, 7) is 0. The molecule has 13 aromatic rings. The van der Waals surface area contributed by atoms with Gasteiger partial charge in [-0.3, -0.25) is 4.57 Å². The number of fused-ring (bicyclic) bond motifs is 12. The van der Waals surface area contributed by atoms with Gasteiger partial charge in [0.15, 0.2) is 17.2 Å². The Balaban J connectivity index is 1.10. The van der Waals surface area contributed by atoms with E-state index in [0.29, 0.717) is 17.6 Å². The third-order valence-corrected chi connectivity index (χ3v) is 12.2. The first-order valence-corrected chi connectivity index (χ1v) is 20.5. The summed E-state index contributed by atoms with van der Waals surface area (Å²) in [5.74, 6) is 1.72. The van der Waals surface area contributed by atoms with Gasteiger partial charge < -0.3 is 8.98 Å². The Morgan fingerprint density at radius 1 is 0.377 bits per heavy atom. The van der Waals surface area contributed by atoms with E-state index in [-0.39, 0.29) is 0 Å². The number of furan rings is 1. The first kappa shape index (κ1) is 33.6. The Kier molecular flexibility index (Phi) is 7.21. The van der Waals surface area contributed by atoms with E-state index in [1.807, 2.05) is 72.8 Å². The third-order valence-electron chi connectivity index (χ3n) is 12.2. The van der Waals surface area contributed by atoms with Crippen molar-refractivity contribution in [2.75, 3.05) is 0 Å². The molecular weight excluding hydrogens is 747 g/mol. The molecule has 0 radical (unpaired) electrons. The lowest BCUT2D eigenvalue weighted by Crippen LogP contribution is -2.06. The van der Waals surface area contributed by atoms with E-state index in [9.17, 15) is 0 Å². The molecular formula is C55H33N5O. The van der Waals surface area contributed by atoms with Crippen molar-refractivity contribution in [3.05, 3.63) is 200 Å². The van der Waals surface area contributed by atoms with Gasteiger partial charge in [0, 0.05) is 54.5 Å². The van der Waals surface area contributed by atoms with Crippen LogP contribution < -0.4 is 0 Å². The molecule has 6 heteroatoms. The predicted octanol–water partition coefficient (Wildman–Crippen LogP) is 14.1. The number of para-hydroxylation sites is 3. The highest BCUT2D eigenvalue weighted by molar-refractivity contribution is 6.26. The van der Waals surface area contributed by atoms with Gasteiger partial charge in [-0.2, -0.15) is 9.97 Å². The minimum absolute atomic E-state index is 0.520. The molecule has 0 aliphatic rings. The van der Waals surface area contributed by atoms with Gasteiger partial charge in [-0.05, 0) is 52.9 Å². The van der Waals surface area contributed by atoms with Crippen molar-refractivity contribution in [1.82, 2.24) is 24.1 Å². The van der Waals surface area contributed by atoms with E-state index in [1.54, 1.807) is 0 Å². The molecule has 0 fully saturated rings. The van der Waals surface area contributed by atoms with Gasteiger partial charge in [0.1, 0.15) is 11.1 Å². The number of hydrogen-bond acceptors (Lipinski definition) is 4. The second-order valence-corrected chi connectivity index (χ2v) is 15.6. The number of nitrogens with zero attached hydrogens (tertiary/aromatic N) is 5. The van der Waals surface area contributed by atoms with Crippen molar-refractivity contribution in [2.45, 2.75) is 0 Å². The Bertz CT molecular complexity index is 3800. The van der Waals surface area contributed by atoms with Crippen molar-refractivity contribution < 1.29 is 4.42 Å². The molecule has 0 saturated carbocycles. The SMILES string of the molecule is c1ccc(-c2nc(-c3ccccc3)nc(-n3c4ccccc4c4c(-c5ccc(-n6c7ccccc7c7ccc8ccccc8c76)cc5)cc5c6ccccc6oc5c43)n2)cc1. The van der Waals surface area contributed by atoms with E-state index >= 15 is 0 Å². The maximum Gasteiger partial charge on any atom is 0.238 e. The van der Waals surface area contributed by atoms with Crippen LogP contribution in [0, 0.1) is 0 Å². The summed E-state index contributed by atoms with van der Waals surface area (Å²) < 4.78 is 11.5. The van der Waals surface area contributed by atoms with Crippen LogP contribution in [0.3, 0.4) is 0 Å². The summed E-state index contributed by atoms with van der Waals surface area (Å²) in [6.07, 6.45) is 0. The molecule has 0 unspecified atom stereocenters. The summed E-state index contributed by atoms with van der Waals surface area (Å²) >= 11 is 0. The molecule has 13 rings (SSSR count). The monoisotopic (exact) mass is 779 g/mol. The van der Waals surface area contributed by atoms with E-state index in [1.165, 1.54) is 32.6 Å². The average Bonchev–Trinajstić information content (AvgIpc) is 4.00. The Morgan fingerprint density at radius 2 is 0.967 bits per heavy atom. The Morgan fingerprint density at radius 3 is 1.69 bits per heavy atom. The smallest absolute Gasteiger partial charge is 0.238 e. The number of rotatable bonds is 5. The lowest BCUT2D eigenvalue weighted by molar-refractivity contribution is 0.670. The standard InChI is InChI=1S/C55H33N5O/c1-3-16-36(17-4-1)53-56-54(37-18-5-2-6-19-37)58-55(57-53)60-47-25-13-10-23-43(47)49-44(33-45-41-22-11-14-26-48(41)61-52(45)51(49)60)35-27-30-38(31-28-35)59-46-24-12-9-21-40(46)42-32-29-34-15-7-8-20-39(34)50(42)59/h1-33H. The van der Waals surface area contributed by atoms with Gasteiger partial charge in [-0.15, -0.1) is 0 Å². The van der Waals surface area contributed by atoms with Crippen LogP contribution in [0.5, 0.6) is 0 Å². The zero-order chi connectivity index (χ0) is 40.0. The Labute approximate surface area is 349 Å². The second-order valence-electron chi connectivity index (χ2n) is 15.6. The number of aromatic nitrogens is 5. The molecule has 0 aliphatic carbocycles. The zero-order valence-corrected chi connectivity index (χ0v) is 32.7. The molecule has 4 heterocycles. The van der Waals surface area contributed by atoms with E-state index in [4.69, 9.17) is 19.4 Å². The second kappa shape index (κ2) is 13.1. The van der Waals surface area contributed by atoms with Crippen molar-refractivity contribution >= 4 is 76.3 Å². The van der Waals surface area contributed by atoms with E-state index in [0.717, 1.165) is 71.7 Å². The minimum Gasteiger partial charge on any atom is -0.454 e. The van der Waals surface area contributed by atoms with Crippen LogP contribution in [0.1, 0.15) is 0 Å². The van der Waals surface area contributed by atoms with Gasteiger partial charge >= 0.3 is 0 Å². The molecule has 284 valence electrons. The van der Waals surface area contributed by atoms with E-state index < -0.39 is 0 Å². The first-order chi connectivity index (χ1) is 30.3. The third kappa shape index (κ3) is 5.06. The van der Waals surface area contributed by atoms with Crippen molar-refractivity contribution in [2.24, 2.45) is 0 Å². The lowest BCUT2D eigenvalue weighted by Gasteiger charge is -2.13. The summed E-state index contributed by atoms with van der Waals surface area (Å²) in [4.78, 5) is 15.5. The quantitative estimate of drug-likeness (QED) is 0.175. The Hall–Kier alpha value is -8.35. The molecule has 0 amide bonds. The fraction of sp³-hybridized carbons (Fsp3) is 0. The highest BCUT2D eigenvalue weighted by Crippen LogP contribution is 2.46. The van der Waals surface area contributed by atoms with Crippen LogP contribution >= 0.6 is 0 Å². The molecule has 0 atom stereocenters. The topological polar surface area (TPSA) is 61.7 Å². The highest BCUT2D eigenvalue weighted by Gasteiger charge is 2.25. The molecule has 0 N–H and O–H groups in total. The maximum atomic E-state index is 6.87. The van der Waals surface area contributed by atoms with Crippen LogP contribution in [0.4, 0.5) is 0 Å². The average molecular weight is 780 g/mol. The summed E-state index contributed by atoms with van der Waals surface area (Å²) in [5, 5.41) is 9.17. The number of benzene rings is 9.